The van der Waals surface area contributed by atoms with E-state index in [-0.39, 0.29) is 12.0 Å². The van der Waals surface area contributed by atoms with Gasteiger partial charge in [-0.05, 0) is 12.8 Å². The van der Waals surface area contributed by atoms with E-state index in [9.17, 15) is 19.8 Å². The summed E-state index contributed by atoms with van der Waals surface area (Å²) in [7, 11) is 0. The summed E-state index contributed by atoms with van der Waals surface area (Å²) >= 11 is 0. The Bertz CT molecular complexity index is 742. The fourth-order valence-corrected chi connectivity index (χ4v) is 5.98. The number of carbonyl (C=O) groups is 2. The molecule has 7 heteroatoms. The maximum atomic E-state index is 12.8. The quantitative estimate of drug-likeness (QED) is 0.504. The number of hydrogen-bond acceptors (Lipinski definition) is 7. The number of esters is 2. The van der Waals surface area contributed by atoms with Crippen LogP contribution in [0.5, 0.6) is 0 Å². The lowest BCUT2D eigenvalue weighted by Gasteiger charge is -2.50. The highest BCUT2D eigenvalue weighted by Crippen LogP contribution is 2.69. The Hall–Kier alpha value is -1.44. The molecule has 25 heavy (non-hydrogen) atoms. The molecule has 2 aliphatic carbocycles. The smallest absolute Gasteiger partial charge is 0.335 e. The third kappa shape index (κ3) is 1.47. The highest BCUT2D eigenvalue weighted by Gasteiger charge is 2.81. The van der Waals surface area contributed by atoms with E-state index in [0.717, 1.165) is 0 Å². The zero-order chi connectivity index (χ0) is 18.0. The van der Waals surface area contributed by atoms with E-state index < -0.39 is 59.2 Å². The van der Waals surface area contributed by atoms with Crippen molar-refractivity contribution in [1.29, 1.82) is 0 Å². The summed E-state index contributed by atoms with van der Waals surface area (Å²) in [5.74, 6) is -1.55. The van der Waals surface area contributed by atoms with Crippen LogP contribution in [0.2, 0.25) is 0 Å². The number of aliphatic hydroxyl groups is 2. The van der Waals surface area contributed by atoms with Gasteiger partial charge in [-0.25, -0.2) is 4.79 Å². The van der Waals surface area contributed by atoms with Gasteiger partial charge in [-0.15, -0.1) is 0 Å². The molecule has 0 amide bonds. The predicted molar refractivity (Wildman–Crippen MR) is 82.0 cm³/mol. The highest BCUT2D eigenvalue weighted by molar-refractivity contribution is 5.96. The zero-order valence-corrected chi connectivity index (χ0v) is 14.6. The molecule has 0 spiro atoms. The first-order chi connectivity index (χ1) is 11.6. The molecular formula is C18H22O7. The van der Waals surface area contributed by atoms with Crippen molar-refractivity contribution in [2.75, 3.05) is 0 Å². The number of cyclic esters (lactones) is 1. The normalized spacial score (nSPS) is 55.6. The van der Waals surface area contributed by atoms with E-state index in [4.69, 9.17) is 14.2 Å². The Morgan fingerprint density at radius 1 is 1.04 bits per heavy atom. The second-order valence-electron chi connectivity index (χ2n) is 8.72. The van der Waals surface area contributed by atoms with E-state index >= 15 is 0 Å². The van der Waals surface area contributed by atoms with Gasteiger partial charge in [-0.3, -0.25) is 4.79 Å². The van der Waals surface area contributed by atoms with Gasteiger partial charge >= 0.3 is 11.9 Å². The number of rotatable bonds is 1. The number of aliphatic hydroxyl groups excluding tert-OH is 2. The van der Waals surface area contributed by atoms with Crippen LogP contribution in [0.25, 0.3) is 0 Å². The van der Waals surface area contributed by atoms with Gasteiger partial charge in [0.2, 0.25) is 0 Å². The molecule has 2 N–H and O–H groups in total. The van der Waals surface area contributed by atoms with E-state index in [0.29, 0.717) is 11.1 Å². The monoisotopic (exact) mass is 350 g/mol. The average molecular weight is 350 g/mol. The van der Waals surface area contributed by atoms with E-state index in [1.807, 2.05) is 20.8 Å². The molecular weight excluding hydrogens is 328 g/mol. The Morgan fingerprint density at radius 2 is 1.72 bits per heavy atom. The first kappa shape index (κ1) is 15.8. The molecule has 0 unspecified atom stereocenters. The van der Waals surface area contributed by atoms with Crippen LogP contribution in [-0.4, -0.2) is 58.8 Å². The lowest BCUT2D eigenvalue weighted by molar-refractivity contribution is -0.156. The molecule has 5 rings (SSSR count). The first-order valence-electron chi connectivity index (χ1n) is 8.83. The topological polar surface area (TPSA) is 106 Å². The second-order valence-corrected chi connectivity index (χ2v) is 8.72. The van der Waals surface area contributed by atoms with Crippen molar-refractivity contribution in [3.8, 4) is 0 Å². The summed E-state index contributed by atoms with van der Waals surface area (Å²) < 4.78 is 16.9. The van der Waals surface area contributed by atoms with Crippen molar-refractivity contribution in [2.24, 2.45) is 22.7 Å². The Morgan fingerprint density at radius 3 is 2.36 bits per heavy atom. The van der Waals surface area contributed by atoms with Crippen LogP contribution in [0.15, 0.2) is 11.1 Å². The van der Waals surface area contributed by atoms with Gasteiger partial charge in [0, 0.05) is 16.9 Å². The molecule has 2 saturated heterocycles. The van der Waals surface area contributed by atoms with E-state index in [2.05, 4.69) is 0 Å². The summed E-state index contributed by atoms with van der Waals surface area (Å²) in [6.45, 7) is 7.37. The molecule has 3 aliphatic heterocycles. The van der Waals surface area contributed by atoms with Crippen molar-refractivity contribution in [3.05, 3.63) is 11.1 Å². The zero-order valence-electron chi connectivity index (χ0n) is 14.6. The van der Waals surface area contributed by atoms with Gasteiger partial charge in [-0.1, -0.05) is 20.8 Å². The van der Waals surface area contributed by atoms with Crippen molar-refractivity contribution in [2.45, 2.75) is 64.3 Å². The van der Waals surface area contributed by atoms with Crippen LogP contribution < -0.4 is 0 Å². The van der Waals surface area contributed by atoms with Gasteiger partial charge in [0.1, 0.15) is 29.8 Å². The molecule has 5 aliphatic rings. The van der Waals surface area contributed by atoms with Crippen LogP contribution in [0.4, 0.5) is 0 Å². The molecule has 3 fully saturated rings. The minimum atomic E-state index is -1.22. The van der Waals surface area contributed by atoms with Crippen molar-refractivity contribution in [1.82, 2.24) is 0 Å². The standard InChI is InChI=1S/C18H22O7/c1-5(2)9-6-7(15(21)24-9)17(3)12-10(8(6)19)25-16(22)18(12,4)13(20)11-14(17)23-11/h5,8-14,19-20H,1-4H3/t8-,9+,10-,11-,12-,13+,14-,17-,18-/m1/s1. The van der Waals surface area contributed by atoms with Crippen LogP contribution in [0, 0.1) is 22.7 Å². The Balaban J connectivity index is 1.77. The fourth-order valence-electron chi connectivity index (χ4n) is 5.98. The van der Waals surface area contributed by atoms with E-state index in [1.165, 1.54) is 0 Å². The summed E-state index contributed by atoms with van der Waals surface area (Å²) in [6, 6.07) is 0. The maximum absolute atomic E-state index is 12.8. The van der Waals surface area contributed by atoms with Crippen molar-refractivity contribution in [3.63, 3.8) is 0 Å². The molecule has 7 nitrogen and oxygen atoms in total. The minimum absolute atomic E-state index is 0.0140. The molecule has 0 aromatic heterocycles. The summed E-state index contributed by atoms with van der Waals surface area (Å²) in [6.07, 6.45) is -4.36. The largest absolute Gasteiger partial charge is 0.458 e. The van der Waals surface area contributed by atoms with Crippen molar-refractivity contribution < 1.29 is 34.0 Å². The molecule has 3 heterocycles. The summed E-state index contributed by atoms with van der Waals surface area (Å²) in [5.41, 5.74) is -1.10. The SMILES string of the molecule is CC(C)[C@@H]1OC(=O)C2=C1[C@@H](O)[C@H]1OC(=O)[C@]3(C)[C@H]1[C@]2(C)[C@@H]1O[C@@H]1[C@@H]3O. The summed E-state index contributed by atoms with van der Waals surface area (Å²) in [4.78, 5) is 25.4. The molecule has 9 atom stereocenters. The lowest BCUT2D eigenvalue weighted by Crippen LogP contribution is -2.62. The van der Waals surface area contributed by atoms with Gasteiger partial charge in [0.15, 0.2) is 0 Å². The average Bonchev–Trinajstić information content (AvgIpc) is 3.20. The molecule has 136 valence electrons. The van der Waals surface area contributed by atoms with Crippen molar-refractivity contribution >= 4 is 11.9 Å². The van der Waals surface area contributed by atoms with Gasteiger partial charge in [-0.2, -0.15) is 0 Å². The number of epoxide rings is 1. The predicted octanol–water partition coefficient (Wildman–Crippen LogP) is -0.0650. The third-order valence-electron chi connectivity index (χ3n) is 7.15. The summed E-state index contributed by atoms with van der Waals surface area (Å²) in [5, 5.41) is 21.7. The number of carbonyl (C=O) groups excluding carboxylic acids is 2. The molecule has 0 aromatic rings. The first-order valence-corrected chi connectivity index (χ1v) is 8.83. The van der Waals surface area contributed by atoms with Gasteiger partial charge < -0.3 is 24.4 Å². The lowest BCUT2D eigenvalue weighted by atomic mass is 9.48. The van der Waals surface area contributed by atoms with Crippen LogP contribution >= 0.6 is 0 Å². The van der Waals surface area contributed by atoms with E-state index in [1.54, 1.807) is 6.92 Å². The Labute approximate surface area is 144 Å². The van der Waals surface area contributed by atoms with Gasteiger partial charge in [0.05, 0.1) is 17.8 Å². The van der Waals surface area contributed by atoms with Gasteiger partial charge in [0.25, 0.3) is 0 Å². The maximum Gasteiger partial charge on any atom is 0.335 e. The van der Waals surface area contributed by atoms with Crippen LogP contribution in [0.3, 0.4) is 0 Å². The van der Waals surface area contributed by atoms with Crippen LogP contribution in [-0.2, 0) is 23.8 Å². The second kappa shape index (κ2) is 4.27. The highest BCUT2D eigenvalue weighted by atomic mass is 16.6. The number of ether oxygens (including phenoxy) is 3. The molecule has 1 saturated carbocycles. The molecule has 0 radical (unpaired) electrons. The number of fused-ring (bicyclic) bond motifs is 3. The number of hydrogen-bond donors (Lipinski definition) is 2. The molecule has 0 bridgehead atoms. The fraction of sp³-hybridized carbons (Fsp3) is 0.778. The third-order valence-corrected chi connectivity index (χ3v) is 7.15. The molecule has 0 aromatic carbocycles. The van der Waals surface area contributed by atoms with Crippen LogP contribution in [0.1, 0.15) is 27.7 Å². The minimum Gasteiger partial charge on any atom is -0.458 e. The Kier molecular flexibility index (Phi) is 2.70.